The monoisotopic (exact) mass is 432 g/mol. The second kappa shape index (κ2) is 7.80. The van der Waals surface area contributed by atoms with E-state index in [1.807, 2.05) is 31.2 Å². The maximum atomic E-state index is 13.5. The molecule has 0 saturated carbocycles. The van der Waals surface area contributed by atoms with Crippen molar-refractivity contribution in [2.45, 2.75) is 25.4 Å². The van der Waals surface area contributed by atoms with Crippen molar-refractivity contribution in [1.82, 2.24) is 15.2 Å². The molecule has 1 aromatic heterocycles. The minimum atomic E-state index is -0.603. The number of hydrogen-bond acceptors (Lipinski definition) is 4. The topological polar surface area (TPSA) is 94.7 Å². The summed E-state index contributed by atoms with van der Waals surface area (Å²) >= 11 is 0. The van der Waals surface area contributed by atoms with E-state index in [0.717, 1.165) is 27.1 Å². The number of carbonyl (C=O) groups is 3. The van der Waals surface area contributed by atoms with E-state index in [4.69, 9.17) is 4.74 Å². The van der Waals surface area contributed by atoms with Crippen LogP contribution in [0.15, 0.2) is 48.5 Å². The number of fused-ring (bicyclic) bond motifs is 4. The third-order valence-corrected chi connectivity index (χ3v) is 6.31. The Morgan fingerprint density at radius 2 is 1.91 bits per heavy atom. The van der Waals surface area contributed by atoms with Crippen molar-refractivity contribution in [3.8, 4) is 0 Å². The quantitative estimate of drug-likeness (QED) is 0.479. The average molecular weight is 432 g/mol. The minimum Gasteiger partial charge on any atom is -0.383 e. The zero-order valence-electron chi connectivity index (χ0n) is 17.9. The highest BCUT2D eigenvalue weighted by Gasteiger charge is 2.52. The van der Waals surface area contributed by atoms with Crippen molar-refractivity contribution in [3.05, 3.63) is 65.4 Å². The summed E-state index contributed by atoms with van der Waals surface area (Å²) in [6.45, 7) is 2.63. The van der Waals surface area contributed by atoms with Gasteiger partial charge in [-0.3, -0.25) is 9.59 Å². The number of carbonyl (C=O) groups excluding carboxylic acids is 3. The second-order valence-electron chi connectivity index (χ2n) is 8.09. The van der Waals surface area contributed by atoms with Crippen molar-refractivity contribution in [2.24, 2.45) is 0 Å². The number of para-hydroxylation sites is 2. The zero-order chi connectivity index (χ0) is 22.4. The molecule has 3 heterocycles. The molecule has 1 unspecified atom stereocenters. The molecule has 0 spiro atoms. The largest absolute Gasteiger partial charge is 0.383 e. The lowest BCUT2D eigenvalue weighted by atomic mass is 9.93. The van der Waals surface area contributed by atoms with Crippen LogP contribution in [0.2, 0.25) is 0 Å². The van der Waals surface area contributed by atoms with Crippen LogP contribution in [0, 0.1) is 0 Å². The molecule has 2 aliphatic rings. The Morgan fingerprint density at radius 3 is 2.72 bits per heavy atom. The maximum absolute atomic E-state index is 13.5. The van der Waals surface area contributed by atoms with Gasteiger partial charge in [-0.1, -0.05) is 30.3 Å². The first-order chi connectivity index (χ1) is 15.5. The van der Waals surface area contributed by atoms with Gasteiger partial charge in [0, 0.05) is 36.7 Å². The van der Waals surface area contributed by atoms with E-state index in [2.05, 4.69) is 10.3 Å². The third kappa shape index (κ3) is 2.98. The Morgan fingerprint density at radius 1 is 1.16 bits per heavy atom. The smallest absolute Gasteiger partial charge is 0.332 e. The molecule has 164 valence electrons. The minimum absolute atomic E-state index is 0.279. The lowest BCUT2D eigenvalue weighted by molar-refractivity contribution is -0.120. The number of H-pyrrole nitrogens is 1. The maximum Gasteiger partial charge on any atom is 0.332 e. The van der Waals surface area contributed by atoms with Gasteiger partial charge in [0.15, 0.2) is 0 Å². The Labute approximate surface area is 185 Å². The zero-order valence-corrected chi connectivity index (χ0v) is 17.9. The number of anilines is 1. The van der Waals surface area contributed by atoms with Gasteiger partial charge in [0.05, 0.1) is 23.9 Å². The molecule has 1 fully saturated rings. The first kappa shape index (κ1) is 20.3. The van der Waals surface area contributed by atoms with Gasteiger partial charge in [0.25, 0.3) is 11.8 Å². The van der Waals surface area contributed by atoms with E-state index >= 15 is 0 Å². The van der Waals surface area contributed by atoms with E-state index in [9.17, 15) is 14.4 Å². The molecule has 0 radical (unpaired) electrons. The second-order valence-corrected chi connectivity index (χ2v) is 8.09. The number of nitrogens with one attached hydrogen (secondary N) is 2. The first-order valence-corrected chi connectivity index (χ1v) is 10.6. The molecule has 3 aromatic rings. The first-order valence-electron chi connectivity index (χ1n) is 10.6. The standard InChI is InChI=1S/C24H24N4O4/c1-14-21-17(15-7-3-5-9-18(15)26-21)13-20-23(30)28(24(31)27(14)20)19-10-6-4-8-16(19)22(29)25-11-12-32-2/h3-10,14,20,26H,11-13H2,1-2H3,(H,25,29)/t14?,20-/m0/s1. The lowest BCUT2D eigenvalue weighted by Gasteiger charge is -2.33. The molecule has 1 saturated heterocycles. The number of urea groups is 1. The number of aromatic amines is 1. The van der Waals surface area contributed by atoms with Crippen LogP contribution in [0.4, 0.5) is 10.5 Å². The summed E-state index contributed by atoms with van der Waals surface area (Å²) in [5.41, 5.74) is 3.61. The number of aromatic nitrogens is 1. The third-order valence-electron chi connectivity index (χ3n) is 6.31. The number of ether oxygens (including phenoxy) is 1. The Balaban J connectivity index is 1.51. The molecule has 2 N–H and O–H groups in total. The Hall–Kier alpha value is -3.65. The van der Waals surface area contributed by atoms with Crippen LogP contribution in [0.1, 0.15) is 34.6 Å². The summed E-state index contributed by atoms with van der Waals surface area (Å²) < 4.78 is 4.98. The van der Waals surface area contributed by atoms with Crippen LogP contribution in [-0.4, -0.2) is 54.0 Å². The highest BCUT2D eigenvalue weighted by Crippen LogP contribution is 2.42. The fourth-order valence-electron chi connectivity index (χ4n) is 4.81. The van der Waals surface area contributed by atoms with Crippen LogP contribution >= 0.6 is 0 Å². The van der Waals surface area contributed by atoms with Gasteiger partial charge in [0.1, 0.15) is 6.04 Å². The lowest BCUT2D eigenvalue weighted by Crippen LogP contribution is -2.42. The summed E-state index contributed by atoms with van der Waals surface area (Å²) in [7, 11) is 1.55. The molecule has 8 heteroatoms. The van der Waals surface area contributed by atoms with Gasteiger partial charge in [-0.15, -0.1) is 0 Å². The number of amides is 4. The SMILES string of the molecule is COCCNC(=O)c1ccccc1N1C(=O)[C@@H]2Cc3c([nH]c4ccccc34)C(C)N2C1=O. The van der Waals surface area contributed by atoms with Crippen molar-refractivity contribution in [1.29, 1.82) is 0 Å². The van der Waals surface area contributed by atoms with E-state index in [1.165, 1.54) is 0 Å². The summed E-state index contributed by atoms with van der Waals surface area (Å²) in [5, 5.41) is 3.84. The van der Waals surface area contributed by atoms with Gasteiger partial charge in [-0.25, -0.2) is 9.69 Å². The Bertz CT molecular complexity index is 1230. The predicted octanol–water partition coefficient (Wildman–Crippen LogP) is 3.00. The van der Waals surface area contributed by atoms with Gasteiger partial charge < -0.3 is 19.9 Å². The fourth-order valence-corrected chi connectivity index (χ4v) is 4.81. The molecule has 2 aliphatic heterocycles. The van der Waals surface area contributed by atoms with E-state index < -0.39 is 12.1 Å². The molecular formula is C24H24N4O4. The molecule has 8 nitrogen and oxygen atoms in total. The van der Waals surface area contributed by atoms with Crippen molar-refractivity contribution in [2.75, 3.05) is 25.2 Å². The fraction of sp³-hybridized carbons (Fsp3) is 0.292. The molecule has 2 atom stereocenters. The normalized spacial score (nSPS) is 19.9. The van der Waals surface area contributed by atoms with E-state index in [-0.39, 0.29) is 23.4 Å². The number of nitrogens with zero attached hydrogens (tertiary/aromatic N) is 2. The van der Waals surface area contributed by atoms with E-state index in [1.54, 1.807) is 36.3 Å². The van der Waals surface area contributed by atoms with Gasteiger partial charge in [-0.2, -0.15) is 0 Å². The average Bonchev–Trinajstić information content (AvgIpc) is 3.30. The van der Waals surface area contributed by atoms with Crippen molar-refractivity contribution < 1.29 is 19.1 Å². The van der Waals surface area contributed by atoms with Gasteiger partial charge in [-0.05, 0) is 30.7 Å². The molecule has 32 heavy (non-hydrogen) atoms. The van der Waals surface area contributed by atoms with Crippen LogP contribution in [-0.2, 0) is 16.0 Å². The predicted molar refractivity (Wildman–Crippen MR) is 120 cm³/mol. The van der Waals surface area contributed by atoms with Crippen LogP contribution in [0.25, 0.3) is 10.9 Å². The van der Waals surface area contributed by atoms with Gasteiger partial charge >= 0.3 is 6.03 Å². The number of rotatable bonds is 5. The van der Waals surface area contributed by atoms with Crippen LogP contribution < -0.4 is 10.2 Å². The number of hydrogen-bond donors (Lipinski definition) is 2. The molecule has 4 amide bonds. The van der Waals surface area contributed by atoms with Crippen LogP contribution in [0.3, 0.4) is 0 Å². The molecule has 2 aromatic carbocycles. The van der Waals surface area contributed by atoms with Crippen molar-refractivity contribution in [3.63, 3.8) is 0 Å². The molecule has 5 rings (SSSR count). The summed E-state index contributed by atoms with van der Waals surface area (Å²) in [4.78, 5) is 45.9. The number of methoxy groups -OCH3 is 1. The van der Waals surface area contributed by atoms with Gasteiger partial charge in [0.2, 0.25) is 0 Å². The summed E-state index contributed by atoms with van der Waals surface area (Å²) in [6, 6.07) is 13.4. The van der Waals surface area contributed by atoms with Crippen LogP contribution in [0.5, 0.6) is 0 Å². The summed E-state index contributed by atoms with van der Waals surface area (Å²) in [5.74, 6) is -0.665. The highest BCUT2D eigenvalue weighted by atomic mass is 16.5. The molecule has 0 bridgehead atoms. The van der Waals surface area contributed by atoms with E-state index in [0.29, 0.717) is 25.3 Å². The number of benzene rings is 2. The number of imide groups is 1. The molecular weight excluding hydrogens is 408 g/mol. The van der Waals surface area contributed by atoms with Crippen molar-refractivity contribution >= 4 is 34.4 Å². The molecule has 0 aliphatic carbocycles. The highest BCUT2D eigenvalue weighted by molar-refractivity contribution is 6.24. The summed E-state index contributed by atoms with van der Waals surface area (Å²) in [6.07, 6.45) is 0.437. The Kier molecular flexibility index (Phi) is 4.94.